The highest BCUT2D eigenvalue weighted by Gasteiger charge is 2.33. The molecular weight excluding hydrogens is 1620 g/mol. The second kappa shape index (κ2) is 45.9. The molecule has 122 heavy (non-hydrogen) atoms. The van der Waals surface area contributed by atoms with Gasteiger partial charge in [0.05, 0.1) is 109 Å². The van der Waals surface area contributed by atoms with E-state index in [1.54, 1.807) is 70.8 Å². The van der Waals surface area contributed by atoms with Gasteiger partial charge >= 0.3 is 0 Å². The Morgan fingerprint density at radius 3 is 1.34 bits per heavy atom. The summed E-state index contributed by atoms with van der Waals surface area (Å²) in [5.74, 6) is -2.54. The quantitative estimate of drug-likeness (QED) is 0.0210. The zero-order valence-electron chi connectivity index (χ0n) is 69.2. The monoisotopic (exact) mass is 1720 g/mol. The lowest BCUT2D eigenvalue weighted by molar-refractivity contribution is -0.126. The molecule has 10 rings (SSSR count). The van der Waals surface area contributed by atoms with Gasteiger partial charge < -0.3 is 114 Å². The van der Waals surface area contributed by atoms with Crippen molar-refractivity contribution >= 4 is 122 Å². The molecule has 40 nitrogen and oxygen atoms in total. The van der Waals surface area contributed by atoms with Crippen molar-refractivity contribution in [2.24, 2.45) is 40.2 Å². The van der Waals surface area contributed by atoms with E-state index in [4.69, 9.17) is 54.5 Å². The fourth-order valence-corrected chi connectivity index (χ4v) is 13.6. The number of benzene rings is 2. The van der Waals surface area contributed by atoms with Gasteiger partial charge in [-0.05, 0) is 81.3 Å². The molecule has 0 fully saturated rings. The number of aryl methyl sites for hydroxylation is 7. The Bertz CT molecular complexity index is 5160. The lowest BCUT2D eigenvalue weighted by Crippen LogP contribution is -2.31. The molecule has 1 aliphatic heterocycles. The minimum atomic E-state index is -0.646. The first kappa shape index (κ1) is 91.9. The third-order valence-electron chi connectivity index (χ3n) is 18.4. The minimum absolute atomic E-state index is 0.00223. The van der Waals surface area contributed by atoms with E-state index in [0.717, 1.165) is 38.7 Å². The van der Waals surface area contributed by atoms with Gasteiger partial charge in [0.15, 0.2) is 23.3 Å². The van der Waals surface area contributed by atoms with E-state index < -0.39 is 53.3 Å². The van der Waals surface area contributed by atoms with Gasteiger partial charge in [-0.25, -0.2) is 15.0 Å². The normalized spacial score (nSPS) is 12.2. The van der Waals surface area contributed by atoms with Crippen molar-refractivity contribution in [1.29, 1.82) is 0 Å². The molecule has 0 unspecified atom stereocenters. The van der Waals surface area contributed by atoms with Crippen LogP contribution in [0.1, 0.15) is 131 Å². The number of imidazole rings is 3. The van der Waals surface area contributed by atoms with Crippen molar-refractivity contribution in [3.05, 3.63) is 159 Å². The van der Waals surface area contributed by atoms with Crippen LogP contribution >= 0.6 is 22.9 Å². The van der Waals surface area contributed by atoms with Gasteiger partial charge in [0.1, 0.15) is 47.2 Å². The van der Waals surface area contributed by atoms with Crippen LogP contribution in [0.2, 0.25) is 5.02 Å². The summed E-state index contributed by atoms with van der Waals surface area (Å²) in [6.45, 7) is 12.9. The highest BCUT2D eigenvalue weighted by Crippen LogP contribution is 2.40. The summed E-state index contributed by atoms with van der Waals surface area (Å²) in [7, 11) is 7.93. The highest BCUT2D eigenvalue weighted by molar-refractivity contribution is 7.15. The summed E-state index contributed by atoms with van der Waals surface area (Å²) in [6.07, 6.45) is 7.81. The van der Waals surface area contributed by atoms with Crippen molar-refractivity contribution in [2.45, 2.75) is 65.8 Å². The number of amides is 10. The van der Waals surface area contributed by atoms with Crippen LogP contribution in [0.5, 0.6) is 5.75 Å². The molecule has 10 N–H and O–H groups in total. The fourth-order valence-electron chi connectivity index (χ4n) is 12.2. The Labute approximate surface area is 711 Å². The standard InChI is InChI=1S/C80H101ClN22O18S/c1-10-22-83-77(111)72-93-61(45-100(72)7)90-65(105)20-24-84-75(109)59-41-56(44-98(59)5)88-79(113)74-95-63(47-102(74)9)92-66(106)21-25-85-76(110)60-40-55(43-99(60)6)87-78(112)73-94-62(46-101(73)8)91-64(104)19-23-82-68(108)48-120-37-36-118-33-32-116-29-28-114-26-27-115-30-31-117-34-35-119-38-39-121-57-17-15-54(16-18-57)86-67(107)42-58-71-97-96-51(4)103(71)80-69(49(2)50(3)122-80)70(89-58)52-11-13-53(81)14-12-52/h11-18,40-41,43-47,58H,10,19-39,42,48H2,1-9H3,(H,82,108)(H,83,111)(H,84,109)(H,85,110)(H,86,107)(H,87,112)(H,88,113)(H,90,105)(H,91,104)(H,92,106)/t58-/m0/s1. The summed E-state index contributed by atoms with van der Waals surface area (Å²) in [5.41, 5.74) is 5.25. The Kier molecular flexibility index (Phi) is 34.6. The molecular formula is C80H101ClN22O18S. The maximum atomic E-state index is 13.6. The van der Waals surface area contributed by atoms with E-state index in [0.29, 0.717) is 114 Å². The Morgan fingerprint density at radius 1 is 0.443 bits per heavy atom. The van der Waals surface area contributed by atoms with E-state index in [2.05, 4.69) is 92.2 Å². The van der Waals surface area contributed by atoms with Crippen LogP contribution in [0.3, 0.4) is 0 Å². The number of carbonyl (C=O) groups excluding carboxylic acids is 10. The molecule has 2 aromatic carbocycles. The third kappa shape index (κ3) is 27.1. The molecule has 0 aliphatic carbocycles. The first-order valence-corrected chi connectivity index (χ1v) is 40.5. The molecule has 8 heterocycles. The average molecular weight is 1730 g/mol. The summed E-state index contributed by atoms with van der Waals surface area (Å²) < 4.78 is 53.9. The molecule has 42 heteroatoms. The molecule has 10 amide bonds. The smallest absolute Gasteiger partial charge is 0.291 e. The van der Waals surface area contributed by atoms with Crippen LogP contribution in [-0.4, -0.2) is 243 Å². The first-order chi connectivity index (χ1) is 58.8. The van der Waals surface area contributed by atoms with Crippen LogP contribution in [-0.2, 0) is 92.4 Å². The van der Waals surface area contributed by atoms with Crippen LogP contribution in [0.25, 0.3) is 5.00 Å². The molecule has 7 aromatic heterocycles. The van der Waals surface area contributed by atoms with E-state index >= 15 is 0 Å². The number of aromatic nitrogens is 11. The number of anilines is 6. The molecule has 0 radical (unpaired) electrons. The lowest BCUT2D eigenvalue weighted by Gasteiger charge is -2.13. The molecule has 0 bridgehead atoms. The fraction of sp³-hybridized carbons (Fsp3) is 0.425. The number of hydrogen-bond acceptors (Lipinski definition) is 25. The maximum Gasteiger partial charge on any atom is 0.291 e. The minimum Gasteiger partial charge on any atom is -0.491 e. The zero-order valence-corrected chi connectivity index (χ0v) is 70.8. The van der Waals surface area contributed by atoms with Gasteiger partial charge in [0.25, 0.3) is 29.5 Å². The molecule has 1 aliphatic rings. The Morgan fingerprint density at radius 2 is 0.877 bits per heavy atom. The van der Waals surface area contributed by atoms with Crippen molar-refractivity contribution in [2.75, 3.05) is 157 Å². The number of rotatable bonds is 49. The predicted octanol–water partition coefficient (Wildman–Crippen LogP) is 5.51. The van der Waals surface area contributed by atoms with Crippen LogP contribution < -0.4 is 57.9 Å². The van der Waals surface area contributed by atoms with Gasteiger partial charge in [0, 0.05) is 138 Å². The number of halogens is 1. The molecule has 0 saturated heterocycles. The highest BCUT2D eigenvalue weighted by atomic mass is 35.5. The average Bonchev–Trinajstić information content (AvgIpc) is 1.59. The van der Waals surface area contributed by atoms with E-state index in [-0.39, 0.29) is 135 Å². The zero-order chi connectivity index (χ0) is 87.2. The second-order valence-electron chi connectivity index (χ2n) is 27.8. The summed E-state index contributed by atoms with van der Waals surface area (Å²) in [4.78, 5) is 148. The van der Waals surface area contributed by atoms with Crippen molar-refractivity contribution in [3.8, 4) is 10.8 Å². The number of nitrogens with one attached hydrogen (secondary N) is 10. The van der Waals surface area contributed by atoms with Crippen LogP contribution in [0.15, 0.2) is 96.6 Å². The van der Waals surface area contributed by atoms with Crippen molar-refractivity contribution in [1.82, 2.24) is 73.8 Å². The molecule has 652 valence electrons. The van der Waals surface area contributed by atoms with Gasteiger partial charge in [-0.2, -0.15) is 0 Å². The number of thiophene rings is 1. The number of ether oxygens (including phenoxy) is 8. The molecule has 1 atom stereocenters. The number of nitrogens with zero attached hydrogens (tertiary/aromatic N) is 12. The largest absolute Gasteiger partial charge is 0.491 e. The maximum absolute atomic E-state index is 13.6. The van der Waals surface area contributed by atoms with E-state index in [1.807, 2.05) is 42.7 Å². The third-order valence-corrected chi connectivity index (χ3v) is 19.8. The van der Waals surface area contributed by atoms with Gasteiger partial charge in [-0.1, -0.05) is 30.7 Å². The molecule has 0 saturated carbocycles. The van der Waals surface area contributed by atoms with Gasteiger partial charge in [-0.3, -0.25) is 57.5 Å². The molecule has 0 spiro atoms. The SMILES string of the molecule is CCCNC(=O)c1nc(NC(=O)CCNC(=O)c2cc(NC(=O)c3nc(NC(=O)CCNC(=O)c4cc(NC(=O)c5nc(NC(=O)CCNC(=O)COCCOCCOCCOCCOCCOCCOCCOc6ccc(NC(=O)C[C@@H]7N=C(c8ccc(Cl)cc8)c8c(sc(C)c8C)-n8c(C)nnc87)cc6)cn5C)cn4C)cn3C)cn2C)cn1C. The second-order valence-corrected chi connectivity index (χ2v) is 29.4. The van der Waals surface area contributed by atoms with Gasteiger partial charge in [-0.15, -0.1) is 21.5 Å². The first-order valence-electron chi connectivity index (χ1n) is 39.3. The predicted molar refractivity (Wildman–Crippen MR) is 451 cm³/mol. The number of fused-ring (bicyclic) bond motifs is 3. The van der Waals surface area contributed by atoms with Crippen molar-refractivity contribution in [3.63, 3.8) is 0 Å². The Balaban J connectivity index is 0.490. The summed E-state index contributed by atoms with van der Waals surface area (Å²) >= 11 is 7.91. The molecule has 9 aromatic rings. The van der Waals surface area contributed by atoms with Gasteiger partial charge in [0.2, 0.25) is 47.0 Å². The number of aliphatic imine (C=N–C) groups is 1. The van der Waals surface area contributed by atoms with E-state index in [9.17, 15) is 47.9 Å². The topological polar surface area (TPSA) is 471 Å². The van der Waals surface area contributed by atoms with Crippen LogP contribution in [0.4, 0.5) is 34.5 Å². The van der Waals surface area contributed by atoms with Crippen LogP contribution in [0, 0.1) is 20.8 Å². The number of hydrogen-bond donors (Lipinski definition) is 10. The Hall–Kier alpha value is -12.4. The number of carbonyl (C=O) groups is 10. The van der Waals surface area contributed by atoms with Crippen molar-refractivity contribution < 1.29 is 85.8 Å². The van der Waals surface area contributed by atoms with E-state index in [1.165, 1.54) is 66.0 Å². The summed E-state index contributed by atoms with van der Waals surface area (Å²) in [6, 6.07) is 17.0. The lowest BCUT2D eigenvalue weighted by atomic mass is 9.99. The summed E-state index contributed by atoms with van der Waals surface area (Å²) in [5, 5.41) is 37.4.